The van der Waals surface area contributed by atoms with Gasteiger partial charge in [0, 0.05) is 11.8 Å². The molecule has 4 heteroatoms. The highest BCUT2D eigenvalue weighted by molar-refractivity contribution is 5.85. The van der Waals surface area contributed by atoms with E-state index in [-0.39, 0.29) is 18.5 Å². The topological polar surface area (TPSA) is 44.5 Å². The van der Waals surface area contributed by atoms with Crippen molar-refractivity contribution in [3.8, 4) is 11.5 Å². The molecule has 1 rings (SSSR count). The largest absolute Gasteiger partial charge is 0.493 e. The van der Waals surface area contributed by atoms with Gasteiger partial charge in [-0.2, -0.15) is 0 Å². The van der Waals surface area contributed by atoms with Crippen molar-refractivity contribution in [1.82, 2.24) is 0 Å². The van der Waals surface area contributed by atoms with Gasteiger partial charge in [0.25, 0.3) is 0 Å². The molecule has 0 bridgehead atoms. The van der Waals surface area contributed by atoms with Crippen molar-refractivity contribution in [3.63, 3.8) is 0 Å². The van der Waals surface area contributed by atoms with Crippen LogP contribution in [0.3, 0.4) is 0 Å². The van der Waals surface area contributed by atoms with Crippen molar-refractivity contribution in [2.24, 2.45) is 0 Å². The maximum atomic E-state index is 5.60. The molecule has 0 heterocycles. The number of nitrogens with two attached hydrogens (primary N) is 1. The van der Waals surface area contributed by atoms with Gasteiger partial charge in [-0.25, -0.2) is 0 Å². The minimum absolute atomic E-state index is 0. The number of hydrogen-bond acceptors (Lipinski definition) is 3. The van der Waals surface area contributed by atoms with E-state index in [4.69, 9.17) is 15.2 Å². The monoisotopic (exact) mass is 217 g/mol. The molecule has 0 aliphatic rings. The van der Waals surface area contributed by atoms with Gasteiger partial charge in [-0.05, 0) is 26.0 Å². The molecule has 0 unspecified atom stereocenters. The molecule has 1 aromatic carbocycles. The fourth-order valence-corrected chi connectivity index (χ4v) is 1.04. The minimum Gasteiger partial charge on any atom is -0.493 e. The van der Waals surface area contributed by atoms with Crippen LogP contribution in [-0.2, 0) is 0 Å². The molecule has 1 aromatic rings. The molecule has 0 saturated carbocycles. The van der Waals surface area contributed by atoms with Crippen LogP contribution in [0.1, 0.15) is 13.8 Å². The molecular weight excluding hydrogens is 202 g/mol. The number of anilines is 1. The van der Waals surface area contributed by atoms with Gasteiger partial charge in [-0.3, -0.25) is 0 Å². The number of methoxy groups -OCH3 is 1. The number of benzene rings is 1. The van der Waals surface area contributed by atoms with Crippen LogP contribution in [0.2, 0.25) is 0 Å². The van der Waals surface area contributed by atoms with Gasteiger partial charge in [0.2, 0.25) is 0 Å². The fourth-order valence-electron chi connectivity index (χ4n) is 1.04. The van der Waals surface area contributed by atoms with E-state index in [9.17, 15) is 0 Å². The predicted octanol–water partition coefficient (Wildman–Crippen LogP) is 2.49. The van der Waals surface area contributed by atoms with Crippen molar-refractivity contribution in [3.05, 3.63) is 18.2 Å². The van der Waals surface area contributed by atoms with Crippen LogP contribution in [0, 0.1) is 0 Å². The predicted molar refractivity (Wildman–Crippen MR) is 60.4 cm³/mol. The zero-order valence-corrected chi connectivity index (χ0v) is 9.43. The second-order valence-corrected chi connectivity index (χ2v) is 3.08. The summed E-state index contributed by atoms with van der Waals surface area (Å²) in [5.41, 5.74) is 6.27. The zero-order chi connectivity index (χ0) is 9.84. The van der Waals surface area contributed by atoms with Crippen LogP contribution in [0.25, 0.3) is 0 Å². The van der Waals surface area contributed by atoms with Gasteiger partial charge >= 0.3 is 0 Å². The highest BCUT2D eigenvalue weighted by atomic mass is 35.5. The maximum absolute atomic E-state index is 5.60. The van der Waals surface area contributed by atoms with E-state index in [1.165, 1.54) is 0 Å². The Balaban J connectivity index is 0.00000169. The first-order valence-electron chi connectivity index (χ1n) is 4.23. The quantitative estimate of drug-likeness (QED) is 0.792. The van der Waals surface area contributed by atoms with Gasteiger partial charge in [0.05, 0.1) is 13.2 Å². The van der Waals surface area contributed by atoms with Crippen LogP contribution < -0.4 is 15.2 Å². The highest BCUT2D eigenvalue weighted by Crippen LogP contribution is 2.29. The number of rotatable bonds is 3. The summed E-state index contributed by atoms with van der Waals surface area (Å²) >= 11 is 0. The average Bonchev–Trinajstić information content (AvgIpc) is 2.07. The maximum Gasteiger partial charge on any atom is 0.162 e. The van der Waals surface area contributed by atoms with Gasteiger partial charge in [0.15, 0.2) is 11.5 Å². The van der Waals surface area contributed by atoms with Crippen molar-refractivity contribution in [2.45, 2.75) is 20.0 Å². The Morgan fingerprint density at radius 3 is 2.36 bits per heavy atom. The van der Waals surface area contributed by atoms with Crippen molar-refractivity contribution < 1.29 is 9.47 Å². The molecule has 0 aliphatic heterocycles. The Kier molecular flexibility index (Phi) is 5.16. The molecule has 0 aliphatic carbocycles. The van der Waals surface area contributed by atoms with Crippen LogP contribution in [-0.4, -0.2) is 13.2 Å². The molecule has 0 aromatic heterocycles. The smallest absolute Gasteiger partial charge is 0.162 e. The third kappa shape index (κ3) is 3.34. The molecule has 0 fully saturated rings. The van der Waals surface area contributed by atoms with Gasteiger partial charge in [-0.15, -0.1) is 12.4 Å². The third-order valence-electron chi connectivity index (χ3n) is 1.55. The second kappa shape index (κ2) is 5.60. The van der Waals surface area contributed by atoms with E-state index in [1.807, 2.05) is 19.9 Å². The molecule has 80 valence electrons. The third-order valence-corrected chi connectivity index (χ3v) is 1.55. The molecule has 2 N–H and O–H groups in total. The van der Waals surface area contributed by atoms with Crippen molar-refractivity contribution in [2.75, 3.05) is 12.8 Å². The first-order valence-corrected chi connectivity index (χ1v) is 4.23. The van der Waals surface area contributed by atoms with Crippen LogP contribution in [0.4, 0.5) is 5.69 Å². The number of halogens is 1. The van der Waals surface area contributed by atoms with Gasteiger partial charge in [0.1, 0.15) is 0 Å². The Labute approximate surface area is 90.6 Å². The van der Waals surface area contributed by atoms with E-state index >= 15 is 0 Å². The van der Waals surface area contributed by atoms with Gasteiger partial charge in [-0.1, -0.05) is 0 Å². The van der Waals surface area contributed by atoms with Crippen molar-refractivity contribution in [1.29, 1.82) is 0 Å². The number of ether oxygens (including phenoxy) is 2. The lowest BCUT2D eigenvalue weighted by molar-refractivity contribution is 0.230. The molecule has 3 nitrogen and oxygen atoms in total. The summed E-state index contributed by atoms with van der Waals surface area (Å²) in [6, 6.07) is 5.35. The Morgan fingerprint density at radius 2 is 1.86 bits per heavy atom. The van der Waals surface area contributed by atoms with Crippen LogP contribution in [0.5, 0.6) is 11.5 Å². The SMILES string of the molecule is COc1cc(N)ccc1OC(C)C.Cl. The molecule has 0 radical (unpaired) electrons. The second-order valence-electron chi connectivity index (χ2n) is 3.08. The van der Waals surface area contributed by atoms with Crippen molar-refractivity contribution >= 4 is 18.1 Å². The standard InChI is InChI=1S/C10H15NO2.ClH/c1-7(2)13-9-5-4-8(11)6-10(9)12-3;/h4-7H,11H2,1-3H3;1H. The fraction of sp³-hybridized carbons (Fsp3) is 0.400. The van der Waals surface area contributed by atoms with E-state index in [1.54, 1.807) is 19.2 Å². The number of hydrogen-bond donors (Lipinski definition) is 1. The molecule has 0 spiro atoms. The lowest BCUT2D eigenvalue weighted by Crippen LogP contribution is -2.06. The molecule has 0 amide bonds. The van der Waals surface area contributed by atoms with E-state index in [0.29, 0.717) is 11.4 Å². The van der Waals surface area contributed by atoms with Gasteiger partial charge < -0.3 is 15.2 Å². The van der Waals surface area contributed by atoms with Crippen LogP contribution >= 0.6 is 12.4 Å². The lowest BCUT2D eigenvalue weighted by Gasteiger charge is -2.13. The lowest BCUT2D eigenvalue weighted by atomic mass is 10.3. The van der Waals surface area contributed by atoms with E-state index in [0.717, 1.165) is 5.75 Å². The molecule has 0 atom stereocenters. The number of nitrogen functional groups attached to an aromatic ring is 1. The zero-order valence-electron chi connectivity index (χ0n) is 8.61. The van der Waals surface area contributed by atoms with E-state index in [2.05, 4.69) is 0 Å². The summed E-state index contributed by atoms with van der Waals surface area (Å²) in [6.07, 6.45) is 0.137. The summed E-state index contributed by atoms with van der Waals surface area (Å²) in [5.74, 6) is 1.40. The normalized spacial score (nSPS) is 9.43. The molecule has 0 saturated heterocycles. The molecular formula is C10H16ClNO2. The average molecular weight is 218 g/mol. The summed E-state index contributed by atoms with van der Waals surface area (Å²) in [7, 11) is 1.60. The van der Waals surface area contributed by atoms with E-state index < -0.39 is 0 Å². The summed E-state index contributed by atoms with van der Waals surface area (Å²) in [4.78, 5) is 0. The highest BCUT2D eigenvalue weighted by Gasteiger charge is 2.05. The first kappa shape index (κ1) is 12.9. The Morgan fingerprint density at radius 1 is 1.21 bits per heavy atom. The minimum atomic E-state index is 0. The summed E-state index contributed by atoms with van der Waals surface area (Å²) < 4.78 is 10.6. The summed E-state index contributed by atoms with van der Waals surface area (Å²) in [5, 5.41) is 0. The first-order chi connectivity index (χ1) is 6.13. The Hall–Kier alpha value is -1.09. The van der Waals surface area contributed by atoms with Crippen LogP contribution in [0.15, 0.2) is 18.2 Å². The summed E-state index contributed by atoms with van der Waals surface area (Å²) in [6.45, 7) is 3.94. The molecule has 14 heavy (non-hydrogen) atoms. The Bertz CT molecular complexity index is 289.